The van der Waals surface area contributed by atoms with Crippen molar-refractivity contribution in [3.63, 3.8) is 0 Å². The number of rotatable bonds is 5. The smallest absolute Gasteiger partial charge is 0.283 e. The van der Waals surface area contributed by atoms with Crippen molar-refractivity contribution in [1.82, 2.24) is 9.78 Å². The van der Waals surface area contributed by atoms with Gasteiger partial charge in [0.1, 0.15) is 11.4 Å². The van der Waals surface area contributed by atoms with Gasteiger partial charge in [-0.25, -0.2) is 27.0 Å². The topological polar surface area (TPSA) is 87.2 Å². The number of methoxy groups -OCH3 is 1. The van der Waals surface area contributed by atoms with Crippen LogP contribution in [0, 0.1) is 0 Å². The van der Waals surface area contributed by atoms with Crippen LogP contribution in [0.4, 0.5) is 8.78 Å². The summed E-state index contributed by atoms with van der Waals surface area (Å²) in [7, 11) is -2.37. The summed E-state index contributed by atoms with van der Waals surface area (Å²) in [5.74, 6) is 0.590. The Morgan fingerprint density at radius 1 is 1.11 bits per heavy atom. The van der Waals surface area contributed by atoms with Crippen LogP contribution in [0.2, 0.25) is 5.02 Å². The van der Waals surface area contributed by atoms with Gasteiger partial charge < -0.3 is 4.74 Å². The standard InChI is InChI=1S/C17H14ClF2N3O3S/c1-26-12-6-2-10(3-7-12)16-14(18)15(17(19)20)22-23(16)11-4-8-13(9-5-11)27(21,24)25/h2-9,17H,1H3,(H2,21,24,25). The lowest BCUT2D eigenvalue weighted by molar-refractivity contribution is 0.145. The van der Waals surface area contributed by atoms with Crippen molar-refractivity contribution in [2.45, 2.75) is 11.3 Å². The Hall–Kier alpha value is -2.49. The van der Waals surface area contributed by atoms with Crippen LogP contribution in [0.25, 0.3) is 16.9 Å². The highest BCUT2D eigenvalue weighted by Gasteiger charge is 2.25. The third-order valence-electron chi connectivity index (χ3n) is 3.83. The molecule has 0 radical (unpaired) electrons. The van der Waals surface area contributed by atoms with Gasteiger partial charge in [-0.2, -0.15) is 5.10 Å². The molecule has 1 aromatic heterocycles. The number of hydrogen-bond acceptors (Lipinski definition) is 4. The fourth-order valence-corrected chi connectivity index (χ4v) is 3.34. The maximum absolute atomic E-state index is 13.3. The van der Waals surface area contributed by atoms with E-state index in [0.29, 0.717) is 17.0 Å². The van der Waals surface area contributed by atoms with Gasteiger partial charge in [0.05, 0.1) is 28.4 Å². The molecule has 0 aliphatic carbocycles. The van der Waals surface area contributed by atoms with Gasteiger partial charge in [-0.3, -0.25) is 0 Å². The minimum absolute atomic E-state index is 0.107. The van der Waals surface area contributed by atoms with E-state index in [1.807, 2.05) is 0 Å². The predicted molar refractivity (Wildman–Crippen MR) is 96.9 cm³/mol. The molecule has 0 aliphatic heterocycles. The molecule has 0 saturated heterocycles. The monoisotopic (exact) mass is 413 g/mol. The molecule has 0 atom stereocenters. The SMILES string of the molecule is COc1ccc(-c2c(Cl)c(C(F)F)nn2-c2ccc(S(N)(=O)=O)cc2)cc1. The molecule has 1 heterocycles. The van der Waals surface area contributed by atoms with Crippen molar-refractivity contribution in [3.05, 3.63) is 59.2 Å². The molecule has 0 aliphatic rings. The van der Waals surface area contributed by atoms with E-state index in [4.69, 9.17) is 21.5 Å². The lowest BCUT2D eigenvalue weighted by Crippen LogP contribution is -2.12. The molecule has 0 saturated carbocycles. The van der Waals surface area contributed by atoms with Crippen LogP contribution in [0.3, 0.4) is 0 Å². The zero-order valence-corrected chi connectivity index (χ0v) is 15.5. The average molecular weight is 414 g/mol. The number of nitrogens with two attached hydrogens (primary N) is 1. The Morgan fingerprint density at radius 2 is 1.70 bits per heavy atom. The van der Waals surface area contributed by atoms with E-state index in [1.54, 1.807) is 24.3 Å². The summed E-state index contributed by atoms with van der Waals surface area (Å²) in [4.78, 5) is -0.107. The van der Waals surface area contributed by atoms with Crippen LogP contribution in [-0.4, -0.2) is 25.3 Å². The van der Waals surface area contributed by atoms with E-state index in [0.717, 1.165) is 0 Å². The first-order chi connectivity index (χ1) is 12.7. The molecule has 0 fully saturated rings. The Kier molecular flexibility index (Phi) is 5.18. The van der Waals surface area contributed by atoms with E-state index < -0.39 is 22.1 Å². The molecular formula is C17H14ClF2N3O3S. The minimum Gasteiger partial charge on any atom is -0.497 e. The molecule has 3 aromatic rings. The molecule has 2 aromatic carbocycles. The van der Waals surface area contributed by atoms with Crippen molar-refractivity contribution in [2.75, 3.05) is 7.11 Å². The fourth-order valence-electron chi connectivity index (χ4n) is 2.52. The molecule has 10 heteroatoms. The zero-order chi connectivity index (χ0) is 19.8. The fraction of sp³-hybridized carbons (Fsp3) is 0.118. The summed E-state index contributed by atoms with van der Waals surface area (Å²) >= 11 is 6.18. The number of halogens is 3. The molecule has 0 amide bonds. The highest BCUT2D eigenvalue weighted by atomic mass is 35.5. The Labute approximate surface area is 159 Å². The summed E-state index contributed by atoms with van der Waals surface area (Å²) in [6.45, 7) is 0. The summed E-state index contributed by atoms with van der Waals surface area (Å²) < 4.78 is 55.8. The molecule has 0 spiro atoms. The van der Waals surface area contributed by atoms with Gasteiger partial charge in [0.25, 0.3) is 6.43 Å². The van der Waals surface area contributed by atoms with Crippen molar-refractivity contribution < 1.29 is 21.9 Å². The number of sulfonamides is 1. The lowest BCUT2D eigenvalue weighted by atomic mass is 10.1. The van der Waals surface area contributed by atoms with Gasteiger partial charge in [0.15, 0.2) is 0 Å². The number of aromatic nitrogens is 2. The van der Waals surface area contributed by atoms with Crippen molar-refractivity contribution >= 4 is 21.6 Å². The van der Waals surface area contributed by atoms with Gasteiger partial charge >= 0.3 is 0 Å². The second kappa shape index (κ2) is 7.26. The first kappa shape index (κ1) is 19.3. The van der Waals surface area contributed by atoms with Gasteiger partial charge in [-0.05, 0) is 48.5 Å². The van der Waals surface area contributed by atoms with Crippen LogP contribution in [0.1, 0.15) is 12.1 Å². The third-order valence-corrected chi connectivity index (χ3v) is 5.13. The van der Waals surface area contributed by atoms with E-state index in [9.17, 15) is 17.2 Å². The molecule has 2 N–H and O–H groups in total. The average Bonchev–Trinajstić information content (AvgIpc) is 2.98. The quantitative estimate of drug-likeness (QED) is 0.689. The maximum Gasteiger partial charge on any atom is 0.283 e. The zero-order valence-electron chi connectivity index (χ0n) is 13.9. The van der Waals surface area contributed by atoms with Crippen molar-refractivity contribution in [3.8, 4) is 22.7 Å². The van der Waals surface area contributed by atoms with Crippen molar-refractivity contribution in [2.24, 2.45) is 5.14 Å². The Balaban J connectivity index is 2.18. The number of ether oxygens (including phenoxy) is 1. The highest BCUT2D eigenvalue weighted by molar-refractivity contribution is 7.89. The van der Waals surface area contributed by atoms with Crippen molar-refractivity contribution in [1.29, 1.82) is 0 Å². The van der Waals surface area contributed by atoms with Gasteiger partial charge in [-0.15, -0.1) is 0 Å². The van der Waals surface area contributed by atoms with E-state index >= 15 is 0 Å². The van der Waals surface area contributed by atoms with Gasteiger partial charge in [-0.1, -0.05) is 11.6 Å². The summed E-state index contributed by atoms with van der Waals surface area (Å²) in [6, 6.07) is 12.0. The van der Waals surface area contributed by atoms with E-state index in [-0.39, 0.29) is 15.6 Å². The summed E-state index contributed by atoms with van der Waals surface area (Å²) in [5, 5.41) is 8.80. The number of hydrogen-bond donors (Lipinski definition) is 1. The first-order valence-corrected chi connectivity index (χ1v) is 9.49. The van der Waals surface area contributed by atoms with Crippen LogP contribution < -0.4 is 9.88 Å². The molecule has 0 bridgehead atoms. The maximum atomic E-state index is 13.3. The number of alkyl halides is 2. The summed E-state index contributed by atoms with van der Waals surface area (Å²) in [5.41, 5.74) is 0.564. The second-order valence-electron chi connectivity index (χ2n) is 5.53. The molecule has 3 rings (SSSR count). The van der Waals surface area contributed by atoms with Gasteiger partial charge in [0.2, 0.25) is 10.0 Å². The Morgan fingerprint density at radius 3 is 2.19 bits per heavy atom. The summed E-state index contributed by atoms with van der Waals surface area (Å²) in [6.07, 6.45) is -2.88. The van der Waals surface area contributed by atoms with E-state index in [2.05, 4.69) is 5.10 Å². The van der Waals surface area contributed by atoms with Crippen LogP contribution in [0.15, 0.2) is 53.4 Å². The lowest BCUT2D eigenvalue weighted by Gasteiger charge is -2.09. The van der Waals surface area contributed by atoms with Crippen LogP contribution >= 0.6 is 11.6 Å². The highest BCUT2D eigenvalue weighted by Crippen LogP contribution is 2.37. The Bertz CT molecular complexity index is 1070. The third kappa shape index (κ3) is 3.80. The largest absolute Gasteiger partial charge is 0.497 e. The predicted octanol–water partition coefficient (Wildman–Crippen LogP) is 3.79. The van der Waals surface area contributed by atoms with Crippen LogP contribution in [0.5, 0.6) is 5.75 Å². The van der Waals surface area contributed by atoms with Crippen LogP contribution in [-0.2, 0) is 10.0 Å². The first-order valence-electron chi connectivity index (χ1n) is 7.56. The second-order valence-corrected chi connectivity index (χ2v) is 7.47. The molecule has 6 nitrogen and oxygen atoms in total. The number of benzene rings is 2. The minimum atomic E-state index is -3.88. The normalized spacial score (nSPS) is 11.8. The number of primary sulfonamides is 1. The van der Waals surface area contributed by atoms with Gasteiger partial charge in [0, 0.05) is 5.56 Å². The molecule has 142 valence electrons. The van der Waals surface area contributed by atoms with E-state index in [1.165, 1.54) is 36.1 Å². The molecule has 27 heavy (non-hydrogen) atoms. The molecular weight excluding hydrogens is 400 g/mol. The number of nitrogens with zero attached hydrogens (tertiary/aromatic N) is 2. The molecule has 0 unspecified atom stereocenters.